The monoisotopic (exact) mass is 230 g/mol. The molecule has 2 atom stereocenters. The van der Waals surface area contributed by atoms with Crippen LogP contribution in [-0.2, 0) is 0 Å². The second-order valence-electron chi connectivity index (χ2n) is 4.02. The van der Waals surface area contributed by atoms with Gasteiger partial charge in [-0.15, -0.1) is 0 Å². The molecule has 0 fully saturated rings. The van der Waals surface area contributed by atoms with Gasteiger partial charge in [-0.25, -0.2) is 0 Å². The van der Waals surface area contributed by atoms with E-state index in [2.05, 4.69) is 41.9 Å². The van der Waals surface area contributed by atoms with Crippen molar-refractivity contribution in [1.29, 1.82) is 0 Å². The molecule has 12 heavy (non-hydrogen) atoms. The normalized spacial score (nSPS) is 31.9. The lowest BCUT2D eigenvalue weighted by molar-refractivity contribution is 0.185. The average Bonchev–Trinajstić information content (AvgIpc) is 2.17. The number of alkyl halides is 1. The molecule has 0 aromatic heterocycles. The molecular weight excluding hydrogens is 212 g/mol. The molecule has 0 saturated carbocycles. The zero-order valence-corrected chi connectivity index (χ0v) is 9.73. The molecule has 0 heterocycles. The van der Waals surface area contributed by atoms with Gasteiger partial charge in [0.15, 0.2) is 0 Å². The second-order valence-corrected chi connectivity index (χ2v) is 4.58. The minimum absolute atomic E-state index is 0.559. The molecule has 0 aromatic carbocycles. The predicted molar refractivity (Wildman–Crippen MR) is 58.7 cm³/mol. The fourth-order valence-electron chi connectivity index (χ4n) is 2.04. The highest BCUT2D eigenvalue weighted by atomic mass is 79.9. The van der Waals surface area contributed by atoms with E-state index in [1.807, 2.05) is 0 Å². The summed E-state index contributed by atoms with van der Waals surface area (Å²) in [7, 11) is 0. The molecule has 0 aliphatic heterocycles. The van der Waals surface area contributed by atoms with Crippen LogP contribution in [0.25, 0.3) is 0 Å². The Morgan fingerprint density at radius 1 is 1.50 bits per heavy atom. The van der Waals surface area contributed by atoms with Crippen molar-refractivity contribution in [3.63, 3.8) is 0 Å². The Balaban J connectivity index is 2.67. The van der Waals surface area contributed by atoms with Gasteiger partial charge < -0.3 is 0 Å². The number of hydrogen-bond donors (Lipinski definition) is 0. The van der Waals surface area contributed by atoms with Gasteiger partial charge in [-0.05, 0) is 30.6 Å². The molecule has 0 spiro atoms. The SMILES string of the molecule is CCC(C)C1(CBr)CC=CCC1. The molecule has 0 amide bonds. The molecule has 0 N–H and O–H groups in total. The molecule has 1 heteroatoms. The summed E-state index contributed by atoms with van der Waals surface area (Å²) in [6, 6.07) is 0. The van der Waals surface area contributed by atoms with Crippen molar-refractivity contribution in [2.24, 2.45) is 11.3 Å². The van der Waals surface area contributed by atoms with Gasteiger partial charge in [-0.1, -0.05) is 48.4 Å². The third kappa shape index (κ3) is 1.93. The maximum atomic E-state index is 3.68. The van der Waals surface area contributed by atoms with E-state index < -0.39 is 0 Å². The summed E-state index contributed by atoms with van der Waals surface area (Å²) in [5, 5.41) is 1.17. The standard InChI is InChI=1S/C11H19Br/c1-3-10(2)11(9-12)7-5-4-6-8-11/h4-5,10H,3,6-9H2,1-2H3. The van der Waals surface area contributed by atoms with Gasteiger partial charge >= 0.3 is 0 Å². The Morgan fingerprint density at radius 3 is 2.67 bits per heavy atom. The summed E-state index contributed by atoms with van der Waals surface area (Å²) in [6.07, 6.45) is 9.90. The van der Waals surface area contributed by atoms with Gasteiger partial charge in [-0.2, -0.15) is 0 Å². The predicted octanol–water partition coefficient (Wildman–Crippen LogP) is 4.15. The van der Waals surface area contributed by atoms with E-state index in [4.69, 9.17) is 0 Å². The second kappa shape index (κ2) is 4.45. The fraction of sp³-hybridized carbons (Fsp3) is 0.818. The Kier molecular flexibility index (Phi) is 3.82. The topological polar surface area (TPSA) is 0 Å². The van der Waals surface area contributed by atoms with E-state index in [0.717, 1.165) is 5.92 Å². The number of allylic oxidation sites excluding steroid dienone is 2. The average molecular weight is 231 g/mol. The molecule has 0 radical (unpaired) electrons. The van der Waals surface area contributed by atoms with Crippen LogP contribution >= 0.6 is 15.9 Å². The van der Waals surface area contributed by atoms with E-state index in [1.54, 1.807) is 0 Å². The Morgan fingerprint density at radius 2 is 2.25 bits per heavy atom. The largest absolute Gasteiger partial charge is 0.0922 e. The van der Waals surface area contributed by atoms with Crippen molar-refractivity contribution >= 4 is 15.9 Å². The Labute approximate surface area is 84.6 Å². The van der Waals surface area contributed by atoms with Gasteiger partial charge in [-0.3, -0.25) is 0 Å². The van der Waals surface area contributed by atoms with Crippen molar-refractivity contribution in [2.75, 3.05) is 5.33 Å². The van der Waals surface area contributed by atoms with Gasteiger partial charge in [0.05, 0.1) is 0 Å². The summed E-state index contributed by atoms with van der Waals surface area (Å²) in [6.45, 7) is 4.69. The molecule has 0 aromatic rings. The van der Waals surface area contributed by atoms with Crippen molar-refractivity contribution in [3.05, 3.63) is 12.2 Å². The summed E-state index contributed by atoms with van der Waals surface area (Å²) >= 11 is 3.68. The number of halogens is 1. The highest BCUT2D eigenvalue weighted by molar-refractivity contribution is 9.09. The first-order valence-electron chi connectivity index (χ1n) is 4.96. The van der Waals surface area contributed by atoms with Crippen LogP contribution in [0, 0.1) is 11.3 Å². The van der Waals surface area contributed by atoms with Crippen LogP contribution in [0.3, 0.4) is 0 Å². The summed E-state index contributed by atoms with van der Waals surface area (Å²) in [4.78, 5) is 0. The van der Waals surface area contributed by atoms with Crippen LogP contribution in [0.1, 0.15) is 39.5 Å². The van der Waals surface area contributed by atoms with E-state index in [9.17, 15) is 0 Å². The zero-order valence-electron chi connectivity index (χ0n) is 8.15. The molecule has 2 unspecified atom stereocenters. The maximum absolute atomic E-state index is 3.68. The van der Waals surface area contributed by atoms with Crippen molar-refractivity contribution in [2.45, 2.75) is 39.5 Å². The molecule has 0 bridgehead atoms. The van der Waals surface area contributed by atoms with Gasteiger partial charge in [0.25, 0.3) is 0 Å². The highest BCUT2D eigenvalue weighted by Crippen LogP contribution is 2.42. The van der Waals surface area contributed by atoms with Crippen LogP contribution in [0.2, 0.25) is 0 Å². The van der Waals surface area contributed by atoms with Crippen LogP contribution in [0.15, 0.2) is 12.2 Å². The molecule has 1 aliphatic rings. The minimum atomic E-state index is 0.559. The first-order chi connectivity index (χ1) is 5.75. The molecule has 70 valence electrons. The van der Waals surface area contributed by atoms with E-state index in [-0.39, 0.29) is 0 Å². The van der Waals surface area contributed by atoms with E-state index in [1.165, 1.54) is 31.0 Å². The highest BCUT2D eigenvalue weighted by Gasteiger charge is 2.33. The maximum Gasteiger partial charge on any atom is 0.00935 e. The molecule has 1 rings (SSSR count). The van der Waals surface area contributed by atoms with Crippen LogP contribution in [0.5, 0.6) is 0 Å². The van der Waals surface area contributed by atoms with Crippen LogP contribution in [-0.4, -0.2) is 5.33 Å². The smallest absolute Gasteiger partial charge is 0.00935 e. The summed E-state index contributed by atoms with van der Waals surface area (Å²) < 4.78 is 0. The quantitative estimate of drug-likeness (QED) is 0.505. The lowest BCUT2D eigenvalue weighted by atomic mass is 9.69. The van der Waals surface area contributed by atoms with Crippen molar-refractivity contribution in [1.82, 2.24) is 0 Å². The van der Waals surface area contributed by atoms with E-state index in [0.29, 0.717) is 5.41 Å². The van der Waals surface area contributed by atoms with Gasteiger partial charge in [0, 0.05) is 5.33 Å². The van der Waals surface area contributed by atoms with Gasteiger partial charge in [0.1, 0.15) is 0 Å². The molecule has 0 nitrogen and oxygen atoms in total. The Hall–Kier alpha value is 0.220. The summed E-state index contributed by atoms with van der Waals surface area (Å²) in [5.74, 6) is 0.849. The first kappa shape index (κ1) is 10.3. The van der Waals surface area contributed by atoms with Crippen LogP contribution < -0.4 is 0 Å². The fourth-order valence-corrected chi connectivity index (χ4v) is 3.10. The van der Waals surface area contributed by atoms with Crippen LogP contribution in [0.4, 0.5) is 0 Å². The van der Waals surface area contributed by atoms with Crippen molar-refractivity contribution < 1.29 is 0 Å². The number of hydrogen-bond acceptors (Lipinski definition) is 0. The lowest BCUT2D eigenvalue weighted by Gasteiger charge is -2.38. The Bertz CT molecular complexity index is 162. The minimum Gasteiger partial charge on any atom is -0.0922 e. The van der Waals surface area contributed by atoms with Crippen molar-refractivity contribution in [3.8, 4) is 0 Å². The third-order valence-corrected chi connectivity index (χ3v) is 4.54. The summed E-state index contributed by atoms with van der Waals surface area (Å²) in [5.41, 5.74) is 0.559. The first-order valence-corrected chi connectivity index (χ1v) is 6.08. The zero-order chi connectivity index (χ0) is 9.03. The molecule has 0 saturated heterocycles. The molecular formula is C11H19Br. The van der Waals surface area contributed by atoms with Gasteiger partial charge in [0.2, 0.25) is 0 Å². The number of rotatable bonds is 3. The third-order valence-electron chi connectivity index (χ3n) is 3.42. The van der Waals surface area contributed by atoms with E-state index >= 15 is 0 Å². The molecule has 1 aliphatic carbocycles. The lowest BCUT2D eigenvalue weighted by Crippen LogP contribution is -2.31.